The van der Waals surface area contributed by atoms with Gasteiger partial charge in [0.05, 0.1) is 4.90 Å². The first-order chi connectivity index (χ1) is 14.4. The van der Waals surface area contributed by atoms with E-state index in [0.717, 1.165) is 24.2 Å². The first-order valence-corrected chi connectivity index (χ1v) is 12.0. The Hall–Kier alpha value is -2.38. The fourth-order valence-electron chi connectivity index (χ4n) is 3.80. The van der Waals surface area contributed by atoms with Crippen LogP contribution in [-0.2, 0) is 16.6 Å². The molecule has 2 aromatic carbocycles. The molecule has 0 aromatic heterocycles. The molecule has 0 atom stereocenters. The Bertz CT molecular complexity index is 977. The standard InChI is InChI=1S/C23H31N3O3S/c1-4-26(5-2)30(28,29)21-13-8-18(3)22(16-21)23(27)24-17-19-9-11-20(12-10-19)25-14-6-7-15-25/h8-13,16H,4-7,14-15,17H2,1-3H3,(H,24,27). The fraction of sp³-hybridized carbons (Fsp3) is 0.435. The molecule has 0 radical (unpaired) electrons. The predicted octanol–water partition coefficient (Wildman–Crippen LogP) is 3.56. The molecule has 1 aliphatic heterocycles. The maximum Gasteiger partial charge on any atom is 0.251 e. The summed E-state index contributed by atoms with van der Waals surface area (Å²) < 4.78 is 27.0. The van der Waals surface area contributed by atoms with E-state index in [1.165, 1.54) is 28.9 Å². The third-order valence-corrected chi connectivity index (χ3v) is 7.70. The highest BCUT2D eigenvalue weighted by Crippen LogP contribution is 2.21. The number of anilines is 1. The average molecular weight is 430 g/mol. The lowest BCUT2D eigenvalue weighted by molar-refractivity contribution is 0.0950. The molecule has 1 amide bonds. The van der Waals surface area contributed by atoms with Gasteiger partial charge in [0.25, 0.3) is 5.91 Å². The van der Waals surface area contributed by atoms with Crippen LogP contribution >= 0.6 is 0 Å². The normalized spacial score (nSPS) is 14.3. The smallest absolute Gasteiger partial charge is 0.251 e. The first-order valence-electron chi connectivity index (χ1n) is 10.6. The molecule has 3 rings (SSSR count). The third-order valence-electron chi connectivity index (χ3n) is 5.66. The van der Waals surface area contributed by atoms with Crippen molar-refractivity contribution in [3.63, 3.8) is 0 Å². The van der Waals surface area contributed by atoms with E-state index in [1.807, 2.05) is 19.1 Å². The van der Waals surface area contributed by atoms with Crippen LogP contribution in [0.3, 0.4) is 0 Å². The Kier molecular flexibility index (Phi) is 7.15. The SMILES string of the molecule is CCN(CC)S(=O)(=O)c1ccc(C)c(C(=O)NCc2ccc(N3CCCC3)cc2)c1. The van der Waals surface area contributed by atoms with E-state index in [2.05, 4.69) is 22.3 Å². The average Bonchev–Trinajstić information content (AvgIpc) is 3.28. The van der Waals surface area contributed by atoms with Gasteiger partial charge in [0.15, 0.2) is 0 Å². The van der Waals surface area contributed by atoms with E-state index in [-0.39, 0.29) is 10.8 Å². The van der Waals surface area contributed by atoms with Gasteiger partial charge in [-0.2, -0.15) is 4.31 Å². The highest BCUT2D eigenvalue weighted by Gasteiger charge is 2.23. The Labute approximate surface area is 179 Å². The molecule has 30 heavy (non-hydrogen) atoms. The lowest BCUT2D eigenvalue weighted by Gasteiger charge is -2.19. The lowest BCUT2D eigenvalue weighted by atomic mass is 10.1. The van der Waals surface area contributed by atoms with Crippen LogP contribution in [0.25, 0.3) is 0 Å². The molecular weight excluding hydrogens is 398 g/mol. The van der Waals surface area contributed by atoms with E-state index in [1.54, 1.807) is 26.0 Å². The molecule has 0 saturated carbocycles. The molecule has 1 N–H and O–H groups in total. The van der Waals surface area contributed by atoms with Gasteiger partial charge in [-0.3, -0.25) is 4.79 Å². The summed E-state index contributed by atoms with van der Waals surface area (Å²) in [5.74, 6) is -0.271. The molecule has 2 aromatic rings. The Morgan fingerprint density at radius 2 is 1.67 bits per heavy atom. The summed E-state index contributed by atoms with van der Waals surface area (Å²) >= 11 is 0. The largest absolute Gasteiger partial charge is 0.372 e. The maximum absolute atomic E-state index is 12.8. The van der Waals surface area contributed by atoms with E-state index >= 15 is 0 Å². The van der Waals surface area contributed by atoms with Gasteiger partial charge < -0.3 is 10.2 Å². The molecule has 1 saturated heterocycles. The van der Waals surface area contributed by atoms with E-state index in [4.69, 9.17) is 0 Å². The molecule has 0 unspecified atom stereocenters. The van der Waals surface area contributed by atoms with Crippen molar-refractivity contribution in [2.45, 2.75) is 45.1 Å². The second kappa shape index (κ2) is 9.62. The van der Waals surface area contributed by atoms with E-state index < -0.39 is 10.0 Å². The van der Waals surface area contributed by atoms with Crippen LogP contribution in [-0.4, -0.2) is 44.8 Å². The first kappa shape index (κ1) is 22.3. The molecule has 162 valence electrons. The number of carbonyl (C=O) groups is 1. The molecule has 0 aliphatic carbocycles. The second-order valence-electron chi connectivity index (χ2n) is 7.61. The van der Waals surface area contributed by atoms with Crippen molar-refractivity contribution in [1.82, 2.24) is 9.62 Å². The Morgan fingerprint density at radius 1 is 1.03 bits per heavy atom. The minimum Gasteiger partial charge on any atom is -0.372 e. The zero-order valence-corrected chi connectivity index (χ0v) is 18.8. The Balaban J connectivity index is 1.70. The van der Waals surface area contributed by atoms with Gasteiger partial charge in [0.1, 0.15) is 0 Å². The minimum absolute atomic E-state index is 0.150. The number of nitrogens with one attached hydrogen (secondary N) is 1. The molecule has 0 spiro atoms. The van der Waals surface area contributed by atoms with Gasteiger partial charge in [-0.1, -0.05) is 32.0 Å². The highest BCUT2D eigenvalue weighted by molar-refractivity contribution is 7.89. The molecule has 1 fully saturated rings. The van der Waals surface area contributed by atoms with Gasteiger partial charge in [-0.05, 0) is 55.2 Å². The summed E-state index contributed by atoms with van der Waals surface area (Å²) in [5.41, 5.74) is 3.36. The molecule has 6 nitrogen and oxygen atoms in total. The zero-order valence-electron chi connectivity index (χ0n) is 18.0. The maximum atomic E-state index is 12.8. The van der Waals surface area contributed by atoms with Crippen molar-refractivity contribution in [2.24, 2.45) is 0 Å². The number of carbonyl (C=O) groups excluding carboxylic acids is 1. The number of aryl methyl sites for hydroxylation is 1. The number of hydrogen-bond acceptors (Lipinski definition) is 4. The highest BCUT2D eigenvalue weighted by atomic mass is 32.2. The molecule has 1 heterocycles. The van der Waals surface area contributed by atoms with E-state index in [9.17, 15) is 13.2 Å². The van der Waals surface area contributed by atoms with Crippen LogP contribution in [0.2, 0.25) is 0 Å². The molecule has 1 aliphatic rings. The number of rotatable bonds is 8. The van der Waals surface area contributed by atoms with Crippen molar-refractivity contribution in [1.29, 1.82) is 0 Å². The Morgan fingerprint density at radius 3 is 2.27 bits per heavy atom. The van der Waals surface area contributed by atoms with Crippen molar-refractivity contribution < 1.29 is 13.2 Å². The van der Waals surface area contributed by atoms with Crippen LogP contribution in [0.15, 0.2) is 47.4 Å². The van der Waals surface area contributed by atoms with Gasteiger partial charge >= 0.3 is 0 Å². The van der Waals surface area contributed by atoms with Crippen LogP contribution in [0, 0.1) is 6.92 Å². The quantitative estimate of drug-likeness (QED) is 0.697. The van der Waals surface area contributed by atoms with Gasteiger partial charge in [0, 0.05) is 44.0 Å². The summed E-state index contributed by atoms with van der Waals surface area (Å²) in [4.78, 5) is 15.3. The summed E-state index contributed by atoms with van der Waals surface area (Å²) in [6.07, 6.45) is 2.47. The van der Waals surface area contributed by atoms with Crippen LogP contribution in [0.1, 0.15) is 48.2 Å². The molecule has 0 bridgehead atoms. The lowest BCUT2D eigenvalue weighted by Crippen LogP contribution is -2.31. The van der Waals surface area contributed by atoms with Gasteiger partial charge in [-0.15, -0.1) is 0 Å². The van der Waals surface area contributed by atoms with Crippen molar-refractivity contribution in [3.05, 3.63) is 59.2 Å². The fourth-order valence-corrected chi connectivity index (χ4v) is 5.28. The van der Waals surface area contributed by atoms with Crippen LogP contribution in [0.4, 0.5) is 5.69 Å². The van der Waals surface area contributed by atoms with Crippen molar-refractivity contribution >= 4 is 21.6 Å². The number of sulfonamides is 1. The summed E-state index contributed by atoms with van der Waals surface area (Å²) in [7, 11) is -3.61. The van der Waals surface area contributed by atoms with Crippen LogP contribution in [0.5, 0.6) is 0 Å². The third kappa shape index (κ3) is 4.84. The number of nitrogens with zero attached hydrogens (tertiary/aromatic N) is 2. The van der Waals surface area contributed by atoms with Crippen LogP contribution < -0.4 is 10.2 Å². The summed E-state index contributed by atoms with van der Waals surface area (Å²) in [6, 6.07) is 13.0. The zero-order chi connectivity index (χ0) is 21.7. The minimum atomic E-state index is -3.61. The van der Waals surface area contributed by atoms with Gasteiger partial charge in [-0.25, -0.2) is 8.42 Å². The second-order valence-corrected chi connectivity index (χ2v) is 9.55. The van der Waals surface area contributed by atoms with E-state index in [0.29, 0.717) is 25.2 Å². The number of hydrogen-bond donors (Lipinski definition) is 1. The molecular formula is C23H31N3O3S. The summed E-state index contributed by atoms with van der Waals surface area (Å²) in [5, 5.41) is 2.92. The van der Waals surface area contributed by atoms with Crippen molar-refractivity contribution in [2.75, 3.05) is 31.1 Å². The van der Waals surface area contributed by atoms with Gasteiger partial charge in [0.2, 0.25) is 10.0 Å². The predicted molar refractivity (Wildman–Crippen MR) is 120 cm³/mol. The topological polar surface area (TPSA) is 69.7 Å². The number of amides is 1. The van der Waals surface area contributed by atoms with Crippen molar-refractivity contribution in [3.8, 4) is 0 Å². The summed E-state index contributed by atoms with van der Waals surface area (Å²) in [6.45, 7) is 8.79. The molecule has 7 heteroatoms. The monoisotopic (exact) mass is 429 g/mol. The number of benzene rings is 2.